The molecule has 2 fully saturated rings. The number of carbonyl (C=O) groups excluding carboxylic acids is 2. The van der Waals surface area contributed by atoms with E-state index in [0.717, 1.165) is 31.2 Å². The molecular weight excluding hydrogens is 384 g/mol. The molecule has 4 rings (SSSR count). The van der Waals surface area contributed by atoms with Gasteiger partial charge in [0, 0.05) is 16.6 Å². The van der Waals surface area contributed by atoms with E-state index in [0.29, 0.717) is 16.5 Å². The summed E-state index contributed by atoms with van der Waals surface area (Å²) in [5.41, 5.74) is 1.61. The highest BCUT2D eigenvalue weighted by atomic mass is 35.5. The lowest BCUT2D eigenvalue weighted by Gasteiger charge is -2.34. The Morgan fingerprint density at radius 2 is 1.83 bits per heavy atom. The number of likely N-dealkylation sites (tertiary alicyclic amines) is 1. The Labute approximate surface area is 177 Å². The molecule has 4 nitrogen and oxygen atoms in total. The number of halogens is 1. The van der Waals surface area contributed by atoms with E-state index in [-0.39, 0.29) is 23.9 Å². The quantitative estimate of drug-likeness (QED) is 0.771. The molecule has 0 spiro atoms. The van der Waals surface area contributed by atoms with Gasteiger partial charge in [0.25, 0.3) is 5.91 Å². The lowest BCUT2D eigenvalue weighted by Crippen LogP contribution is -2.50. The molecule has 152 valence electrons. The number of hydrogen-bond acceptors (Lipinski definition) is 2. The molecule has 1 aliphatic heterocycles. The number of amides is 2. The van der Waals surface area contributed by atoms with Crippen molar-refractivity contribution in [3.05, 3.63) is 70.7 Å². The Balaban J connectivity index is 1.56. The second-order valence-electron chi connectivity index (χ2n) is 8.23. The zero-order chi connectivity index (χ0) is 20.4. The highest BCUT2D eigenvalue weighted by molar-refractivity contribution is 6.30. The van der Waals surface area contributed by atoms with Crippen molar-refractivity contribution in [2.75, 3.05) is 0 Å². The zero-order valence-electron chi connectivity index (χ0n) is 16.7. The van der Waals surface area contributed by atoms with Crippen molar-refractivity contribution in [3.63, 3.8) is 0 Å². The summed E-state index contributed by atoms with van der Waals surface area (Å²) in [7, 11) is 0. The highest BCUT2D eigenvalue weighted by Gasteiger charge is 2.47. The van der Waals surface area contributed by atoms with E-state index in [1.165, 1.54) is 6.42 Å². The average molecular weight is 411 g/mol. The van der Waals surface area contributed by atoms with Crippen LogP contribution in [0.3, 0.4) is 0 Å². The minimum atomic E-state index is -0.419. The number of nitrogens with one attached hydrogen (secondary N) is 1. The van der Waals surface area contributed by atoms with Gasteiger partial charge in [-0.3, -0.25) is 9.59 Å². The summed E-state index contributed by atoms with van der Waals surface area (Å²) in [5, 5.41) is 3.77. The van der Waals surface area contributed by atoms with Gasteiger partial charge in [0.05, 0.1) is 6.04 Å². The third-order valence-corrected chi connectivity index (χ3v) is 6.59. The van der Waals surface area contributed by atoms with E-state index in [4.69, 9.17) is 11.6 Å². The predicted molar refractivity (Wildman–Crippen MR) is 115 cm³/mol. The first kappa shape index (κ1) is 20.0. The van der Waals surface area contributed by atoms with Crippen LogP contribution in [-0.4, -0.2) is 28.8 Å². The van der Waals surface area contributed by atoms with E-state index >= 15 is 0 Å². The fourth-order valence-corrected chi connectivity index (χ4v) is 5.08. The second-order valence-corrected chi connectivity index (χ2v) is 8.66. The van der Waals surface area contributed by atoms with Crippen molar-refractivity contribution in [3.8, 4) is 0 Å². The van der Waals surface area contributed by atoms with Gasteiger partial charge in [0.2, 0.25) is 5.91 Å². The number of fused-ring (bicyclic) bond motifs is 1. The molecule has 29 heavy (non-hydrogen) atoms. The van der Waals surface area contributed by atoms with Gasteiger partial charge < -0.3 is 10.2 Å². The highest BCUT2D eigenvalue weighted by Crippen LogP contribution is 2.40. The Morgan fingerprint density at radius 1 is 1.07 bits per heavy atom. The lowest BCUT2D eigenvalue weighted by molar-refractivity contribution is -0.125. The van der Waals surface area contributed by atoms with Crippen molar-refractivity contribution >= 4 is 23.4 Å². The minimum Gasteiger partial charge on any atom is -0.348 e. The summed E-state index contributed by atoms with van der Waals surface area (Å²) in [6.07, 6.45) is 5.12. The molecule has 2 aliphatic rings. The van der Waals surface area contributed by atoms with Crippen LogP contribution in [0.4, 0.5) is 0 Å². The monoisotopic (exact) mass is 410 g/mol. The van der Waals surface area contributed by atoms with Crippen LogP contribution in [0.2, 0.25) is 5.02 Å². The molecule has 4 unspecified atom stereocenters. The molecule has 2 aromatic rings. The first-order valence-electron chi connectivity index (χ1n) is 10.5. The van der Waals surface area contributed by atoms with Gasteiger partial charge in [-0.15, -0.1) is 0 Å². The number of nitrogens with zero attached hydrogens (tertiary/aromatic N) is 1. The maximum Gasteiger partial charge on any atom is 0.254 e. The van der Waals surface area contributed by atoms with Crippen LogP contribution in [0.5, 0.6) is 0 Å². The zero-order valence-corrected chi connectivity index (χ0v) is 17.4. The second kappa shape index (κ2) is 8.58. The summed E-state index contributed by atoms with van der Waals surface area (Å²) in [4.78, 5) is 28.5. The van der Waals surface area contributed by atoms with Crippen LogP contribution in [0.1, 0.15) is 61.0 Å². The molecule has 4 atom stereocenters. The third-order valence-electron chi connectivity index (χ3n) is 6.35. The number of benzene rings is 2. The molecule has 1 heterocycles. The molecule has 1 aliphatic carbocycles. The van der Waals surface area contributed by atoms with Crippen molar-refractivity contribution in [1.82, 2.24) is 10.2 Å². The van der Waals surface area contributed by atoms with E-state index in [9.17, 15) is 9.59 Å². The van der Waals surface area contributed by atoms with Gasteiger partial charge in [-0.2, -0.15) is 0 Å². The summed E-state index contributed by atoms with van der Waals surface area (Å²) in [5.74, 6) is 0.306. The normalized spacial score (nSPS) is 24.6. The Bertz CT molecular complexity index is 885. The predicted octanol–water partition coefficient (Wildman–Crippen LogP) is 4.99. The molecule has 2 amide bonds. The average Bonchev–Trinajstić information content (AvgIpc) is 3.13. The number of carbonyl (C=O) groups is 2. The van der Waals surface area contributed by atoms with E-state index in [1.807, 2.05) is 66.4 Å². The first-order valence-corrected chi connectivity index (χ1v) is 10.9. The third kappa shape index (κ3) is 4.18. The fourth-order valence-electron chi connectivity index (χ4n) is 4.88. The lowest BCUT2D eigenvalue weighted by atomic mass is 9.84. The maximum absolute atomic E-state index is 13.3. The van der Waals surface area contributed by atoms with Gasteiger partial charge in [-0.05, 0) is 61.9 Å². The SMILES string of the molecule is CC(NC(=O)C1CC2CCCCC2N1C(=O)c1ccccc1)c1cccc(Cl)c1. The molecule has 2 aromatic carbocycles. The largest absolute Gasteiger partial charge is 0.348 e. The summed E-state index contributed by atoms with van der Waals surface area (Å²) in [6, 6.07) is 16.4. The molecular formula is C24H27ClN2O2. The van der Waals surface area contributed by atoms with Crippen LogP contribution in [0.15, 0.2) is 54.6 Å². The molecule has 0 radical (unpaired) electrons. The first-order chi connectivity index (χ1) is 14.0. The smallest absolute Gasteiger partial charge is 0.254 e. The molecule has 1 saturated carbocycles. The van der Waals surface area contributed by atoms with Crippen LogP contribution >= 0.6 is 11.6 Å². The number of hydrogen-bond donors (Lipinski definition) is 1. The van der Waals surface area contributed by atoms with E-state index in [1.54, 1.807) is 0 Å². The molecule has 1 N–H and O–H groups in total. The van der Waals surface area contributed by atoms with Gasteiger partial charge in [0.15, 0.2) is 0 Å². The Morgan fingerprint density at radius 3 is 2.59 bits per heavy atom. The van der Waals surface area contributed by atoms with Gasteiger partial charge in [-0.25, -0.2) is 0 Å². The van der Waals surface area contributed by atoms with Crippen LogP contribution in [0, 0.1) is 5.92 Å². The van der Waals surface area contributed by atoms with Crippen LogP contribution < -0.4 is 5.32 Å². The maximum atomic E-state index is 13.3. The fraction of sp³-hybridized carbons (Fsp3) is 0.417. The van der Waals surface area contributed by atoms with Gasteiger partial charge in [0.1, 0.15) is 6.04 Å². The standard InChI is InChI=1S/C24H27ClN2O2/c1-16(18-11-7-12-20(25)14-18)26-23(28)22-15-19-10-5-6-13-21(19)27(22)24(29)17-8-3-2-4-9-17/h2-4,7-9,11-12,14,16,19,21-22H,5-6,10,13,15H2,1H3,(H,26,28). The van der Waals surface area contributed by atoms with Crippen molar-refractivity contribution in [2.45, 2.75) is 57.2 Å². The van der Waals surface area contributed by atoms with Gasteiger partial charge >= 0.3 is 0 Å². The summed E-state index contributed by atoms with van der Waals surface area (Å²) < 4.78 is 0. The Kier molecular flexibility index (Phi) is 5.91. The Hall–Kier alpha value is -2.33. The number of rotatable bonds is 4. The molecule has 5 heteroatoms. The van der Waals surface area contributed by atoms with E-state index in [2.05, 4.69) is 5.32 Å². The summed E-state index contributed by atoms with van der Waals surface area (Å²) >= 11 is 6.10. The van der Waals surface area contributed by atoms with Crippen molar-refractivity contribution < 1.29 is 9.59 Å². The minimum absolute atomic E-state index is 0.0319. The summed E-state index contributed by atoms with van der Waals surface area (Å²) in [6.45, 7) is 1.95. The molecule has 0 bridgehead atoms. The van der Waals surface area contributed by atoms with Crippen LogP contribution in [0.25, 0.3) is 0 Å². The topological polar surface area (TPSA) is 49.4 Å². The molecule has 0 aromatic heterocycles. The molecule has 1 saturated heterocycles. The van der Waals surface area contributed by atoms with Gasteiger partial charge in [-0.1, -0.05) is 54.8 Å². The van der Waals surface area contributed by atoms with E-state index < -0.39 is 6.04 Å². The van der Waals surface area contributed by atoms with Crippen molar-refractivity contribution in [2.24, 2.45) is 5.92 Å². The van der Waals surface area contributed by atoms with Crippen LogP contribution in [-0.2, 0) is 4.79 Å². The van der Waals surface area contributed by atoms with Crippen molar-refractivity contribution in [1.29, 1.82) is 0 Å².